The number of hydrogen-bond acceptors (Lipinski definition) is 6. The SMILES string of the molecule is COc1coc(CN2C(=O)OC(C)(C)C2=O)cc1=O. The second-order valence-electron chi connectivity index (χ2n) is 4.55. The summed E-state index contributed by atoms with van der Waals surface area (Å²) < 4.78 is 14.8. The molecule has 0 aromatic carbocycles. The second-order valence-corrected chi connectivity index (χ2v) is 4.55. The van der Waals surface area contributed by atoms with Gasteiger partial charge in [-0.3, -0.25) is 9.59 Å². The van der Waals surface area contributed by atoms with Gasteiger partial charge in [0.15, 0.2) is 5.60 Å². The van der Waals surface area contributed by atoms with Gasteiger partial charge in [-0.1, -0.05) is 0 Å². The Kier molecular flexibility index (Phi) is 3.05. The normalized spacial score (nSPS) is 17.5. The van der Waals surface area contributed by atoms with Crippen molar-refractivity contribution in [3.05, 3.63) is 28.3 Å². The monoisotopic (exact) mass is 267 g/mol. The van der Waals surface area contributed by atoms with E-state index in [2.05, 4.69) is 0 Å². The van der Waals surface area contributed by atoms with Gasteiger partial charge in [0, 0.05) is 6.07 Å². The predicted octanol–water partition coefficient (Wildman–Crippen LogP) is 0.906. The van der Waals surface area contributed by atoms with E-state index in [4.69, 9.17) is 13.9 Å². The van der Waals surface area contributed by atoms with Crippen LogP contribution in [0.15, 0.2) is 21.5 Å². The second kappa shape index (κ2) is 4.42. The summed E-state index contributed by atoms with van der Waals surface area (Å²) in [6.07, 6.45) is 0.378. The molecule has 0 spiro atoms. The molecule has 1 aromatic heterocycles. The fourth-order valence-corrected chi connectivity index (χ4v) is 1.69. The zero-order chi connectivity index (χ0) is 14.2. The molecular weight excluding hydrogens is 254 g/mol. The Labute approximate surface area is 108 Å². The average molecular weight is 267 g/mol. The molecule has 1 aromatic rings. The highest BCUT2D eigenvalue weighted by molar-refractivity contribution is 6.02. The quantitative estimate of drug-likeness (QED) is 0.809. The molecule has 0 saturated carbocycles. The number of carbonyl (C=O) groups excluding carboxylic acids is 2. The maximum absolute atomic E-state index is 11.9. The van der Waals surface area contributed by atoms with Crippen molar-refractivity contribution in [1.82, 2.24) is 4.90 Å². The largest absolute Gasteiger partial charge is 0.490 e. The average Bonchev–Trinajstić information content (AvgIpc) is 2.52. The Morgan fingerprint density at radius 2 is 2.00 bits per heavy atom. The molecule has 0 atom stereocenters. The molecule has 19 heavy (non-hydrogen) atoms. The van der Waals surface area contributed by atoms with E-state index >= 15 is 0 Å². The lowest BCUT2D eigenvalue weighted by Crippen LogP contribution is -2.35. The van der Waals surface area contributed by atoms with E-state index in [9.17, 15) is 14.4 Å². The van der Waals surface area contributed by atoms with Crippen LogP contribution in [0.4, 0.5) is 4.79 Å². The Bertz CT molecular complexity index is 588. The summed E-state index contributed by atoms with van der Waals surface area (Å²) in [4.78, 5) is 35.9. The molecule has 1 aliphatic heterocycles. The first-order chi connectivity index (χ1) is 8.85. The summed E-state index contributed by atoms with van der Waals surface area (Å²) in [6.45, 7) is 2.84. The Hall–Kier alpha value is -2.31. The predicted molar refractivity (Wildman–Crippen MR) is 62.6 cm³/mol. The number of rotatable bonds is 3. The fraction of sp³-hybridized carbons (Fsp3) is 0.417. The first-order valence-electron chi connectivity index (χ1n) is 5.56. The molecule has 0 N–H and O–H groups in total. The molecule has 0 bridgehead atoms. The van der Waals surface area contributed by atoms with Gasteiger partial charge in [-0.2, -0.15) is 0 Å². The van der Waals surface area contributed by atoms with Crippen LogP contribution in [-0.4, -0.2) is 29.6 Å². The third-order valence-electron chi connectivity index (χ3n) is 2.71. The molecule has 2 rings (SSSR count). The minimum absolute atomic E-state index is 0.0550. The zero-order valence-electron chi connectivity index (χ0n) is 10.8. The van der Waals surface area contributed by atoms with Crippen LogP contribution in [0.25, 0.3) is 0 Å². The van der Waals surface area contributed by atoms with Gasteiger partial charge >= 0.3 is 6.09 Å². The van der Waals surface area contributed by atoms with Crippen molar-refractivity contribution in [3.63, 3.8) is 0 Å². The Morgan fingerprint density at radius 1 is 1.32 bits per heavy atom. The minimum atomic E-state index is -1.19. The van der Waals surface area contributed by atoms with Gasteiger partial charge in [0.2, 0.25) is 11.2 Å². The van der Waals surface area contributed by atoms with Gasteiger partial charge in [-0.05, 0) is 13.8 Å². The third kappa shape index (κ3) is 2.31. The number of ether oxygens (including phenoxy) is 2. The molecule has 1 aliphatic rings. The maximum atomic E-state index is 11.9. The first kappa shape index (κ1) is 13.1. The summed E-state index contributed by atoms with van der Waals surface area (Å²) in [7, 11) is 1.34. The van der Waals surface area contributed by atoms with E-state index in [1.807, 2.05) is 0 Å². The van der Waals surface area contributed by atoms with Crippen LogP contribution in [0.1, 0.15) is 19.6 Å². The first-order valence-corrected chi connectivity index (χ1v) is 5.56. The highest BCUT2D eigenvalue weighted by Gasteiger charge is 2.47. The summed E-state index contributed by atoms with van der Waals surface area (Å²) in [5.41, 5.74) is -1.58. The zero-order valence-corrected chi connectivity index (χ0v) is 10.8. The highest BCUT2D eigenvalue weighted by atomic mass is 16.6. The lowest BCUT2D eigenvalue weighted by molar-refractivity contribution is -0.135. The van der Waals surface area contributed by atoms with Crippen LogP contribution < -0.4 is 10.2 Å². The van der Waals surface area contributed by atoms with Crippen molar-refractivity contribution in [2.45, 2.75) is 26.0 Å². The number of methoxy groups -OCH3 is 1. The number of amides is 2. The van der Waals surface area contributed by atoms with Gasteiger partial charge in [0.1, 0.15) is 12.0 Å². The number of carbonyl (C=O) groups is 2. The highest BCUT2D eigenvalue weighted by Crippen LogP contribution is 2.24. The van der Waals surface area contributed by atoms with Crippen molar-refractivity contribution in [1.29, 1.82) is 0 Å². The van der Waals surface area contributed by atoms with Crippen LogP contribution in [0.3, 0.4) is 0 Å². The van der Waals surface area contributed by atoms with Crippen LogP contribution in [0.2, 0.25) is 0 Å². The lowest BCUT2D eigenvalue weighted by atomic mass is 10.1. The smallest absolute Gasteiger partial charge is 0.418 e. The molecule has 1 saturated heterocycles. The van der Waals surface area contributed by atoms with E-state index in [-0.39, 0.29) is 23.5 Å². The molecular formula is C12H13NO6. The van der Waals surface area contributed by atoms with Gasteiger partial charge in [0.05, 0.1) is 13.7 Å². The molecule has 2 amide bonds. The van der Waals surface area contributed by atoms with Crippen LogP contribution in [-0.2, 0) is 16.1 Å². The molecule has 0 radical (unpaired) electrons. The van der Waals surface area contributed by atoms with E-state index in [1.165, 1.54) is 27.0 Å². The Morgan fingerprint density at radius 3 is 2.47 bits per heavy atom. The van der Waals surface area contributed by atoms with E-state index in [0.717, 1.165) is 11.2 Å². The summed E-state index contributed by atoms with van der Waals surface area (Å²) in [5, 5.41) is 0. The maximum Gasteiger partial charge on any atom is 0.418 e. The molecule has 7 heteroatoms. The topological polar surface area (TPSA) is 86.0 Å². The van der Waals surface area contributed by atoms with Crippen molar-refractivity contribution in [3.8, 4) is 5.75 Å². The summed E-state index contributed by atoms with van der Waals surface area (Å²) >= 11 is 0. The number of nitrogens with zero attached hydrogens (tertiary/aromatic N) is 1. The van der Waals surface area contributed by atoms with Crippen molar-refractivity contribution < 1.29 is 23.5 Å². The van der Waals surface area contributed by atoms with Gasteiger partial charge in [-0.25, -0.2) is 9.69 Å². The lowest BCUT2D eigenvalue weighted by Gasteiger charge is -2.13. The molecule has 2 heterocycles. The third-order valence-corrected chi connectivity index (χ3v) is 2.71. The van der Waals surface area contributed by atoms with E-state index < -0.39 is 17.6 Å². The molecule has 7 nitrogen and oxygen atoms in total. The molecule has 0 aliphatic carbocycles. The van der Waals surface area contributed by atoms with Crippen LogP contribution in [0.5, 0.6) is 5.75 Å². The molecule has 1 fully saturated rings. The van der Waals surface area contributed by atoms with Crippen molar-refractivity contribution in [2.75, 3.05) is 7.11 Å². The number of imide groups is 1. The number of cyclic esters (lactones) is 1. The fourth-order valence-electron chi connectivity index (χ4n) is 1.69. The van der Waals surface area contributed by atoms with Gasteiger partial charge < -0.3 is 13.9 Å². The molecule has 102 valence electrons. The summed E-state index contributed by atoms with van der Waals surface area (Å²) in [5.74, 6) is -0.246. The summed E-state index contributed by atoms with van der Waals surface area (Å²) in [6, 6.07) is 1.17. The van der Waals surface area contributed by atoms with E-state index in [0.29, 0.717) is 0 Å². The van der Waals surface area contributed by atoms with Crippen molar-refractivity contribution >= 4 is 12.0 Å². The van der Waals surface area contributed by atoms with Crippen LogP contribution >= 0.6 is 0 Å². The standard InChI is InChI=1S/C12H13NO6/c1-12(2)10(15)13(11(16)19-12)5-7-4-8(14)9(17-3)6-18-7/h4,6H,5H2,1-3H3. The van der Waals surface area contributed by atoms with Crippen LogP contribution in [0, 0.1) is 0 Å². The molecule has 0 unspecified atom stereocenters. The number of hydrogen-bond donors (Lipinski definition) is 0. The van der Waals surface area contributed by atoms with Crippen molar-refractivity contribution in [2.24, 2.45) is 0 Å². The van der Waals surface area contributed by atoms with E-state index in [1.54, 1.807) is 0 Å². The minimum Gasteiger partial charge on any atom is -0.490 e. The van der Waals surface area contributed by atoms with Gasteiger partial charge in [-0.15, -0.1) is 0 Å². The Balaban J connectivity index is 2.23. The van der Waals surface area contributed by atoms with Gasteiger partial charge in [0.25, 0.3) is 5.91 Å².